The van der Waals surface area contributed by atoms with E-state index in [-0.39, 0.29) is 36.2 Å². The Bertz CT molecular complexity index is 736. The van der Waals surface area contributed by atoms with E-state index in [0.29, 0.717) is 17.5 Å². The van der Waals surface area contributed by atoms with E-state index in [9.17, 15) is 14.0 Å². The van der Waals surface area contributed by atoms with Gasteiger partial charge in [-0.05, 0) is 36.5 Å². The fourth-order valence-corrected chi connectivity index (χ4v) is 5.24. The number of H-pyrrole nitrogens is 1. The topological polar surface area (TPSA) is 78.1 Å². The lowest BCUT2D eigenvalue weighted by Crippen LogP contribution is -2.44. The number of aryl methyl sites for hydroxylation is 1. The molecule has 6 nitrogen and oxygen atoms in total. The van der Waals surface area contributed by atoms with Crippen molar-refractivity contribution >= 4 is 11.8 Å². The second-order valence-corrected chi connectivity index (χ2v) is 9.10. The molecule has 1 aromatic rings. The van der Waals surface area contributed by atoms with Crippen LogP contribution in [0.2, 0.25) is 0 Å². The van der Waals surface area contributed by atoms with Crippen LogP contribution in [0.25, 0.3) is 0 Å². The summed E-state index contributed by atoms with van der Waals surface area (Å²) < 4.78 is 14.4. The maximum absolute atomic E-state index is 14.4. The first-order valence-electron chi connectivity index (χ1n) is 9.51. The summed E-state index contributed by atoms with van der Waals surface area (Å²) in [7, 11) is 0. The van der Waals surface area contributed by atoms with E-state index < -0.39 is 12.2 Å². The highest BCUT2D eigenvalue weighted by Crippen LogP contribution is 2.71. The van der Waals surface area contributed by atoms with Gasteiger partial charge in [0.1, 0.15) is 11.9 Å². The predicted octanol–water partition coefficient (Wildman–Crippen LogP) is 2.08. The summed E-state index contributed by atoms with van der Waals surface area (Å²) in [4.78, 5) is 26.6. The quantitative estimate of drug-likeness (QED) is 0.861. The van der Waals surface area contributed by atoms with Crippen LogP contribution in [0.15, 0.2) is 6.20 Å². The fourth-order valence-electron chi connectivity index (χ4n) is 5.24. The fraction of sp³-hybridized carbons (Fsp3) is 0.737. The van der Waals surface area contributed by atoms with Crippen molar-refractivity contribution in [2.75, 3.05) is 13.1 Å². The standard InChI is InChI=1S/C19H27FN4O2/c1-4-11-6-21-23-15(11)17(26)24-7-13(20)14(8-24)22-16(25)12-5-19(12)9-18(2,3)10-19/h6,12-14H,4-5,7-10H2,1-3H3,(H,21,23)(H,22,25)/t12?,13-,14+/m1/s1. The van der Waals surface area contributed by atoms with Gasteiger partial charge in [-0.1, -0.05) is 20.8 Å². The number of aromatic amines is 1. The molecular weight excluding hydrogens is 335 g/mol. The Morgan fingerprint density at radius 1 is 1.38 bits per heavy atom. The summed E-state index contributed by atoms with van der Waals surface area (Å²) in [5.41, 5.74) is 1.74. The Hall–Kier alpha value is -1.92. The summed E-state index contributed by atoms with van der Waals surface area (Å²) in [5.74, 6) is -0.271. The first kappa shape index (κ1) is 17.5. The van der Waals surface area contributed by atoms with Crippen LogP contribution in [-0.2, 0) is 11.2 Å². The molecule has 7 heteroatoms. The number of likely N-dealkylation sites (tertiary alicyclic amines) is 1. The van der Waals surface area contributed by atoms with Gasteiger partial charge in [-0.2, -0.15) is 5.10 Å². The van der Waals surface area contributed by atoms with Crippen molar-refractivity contribution in [1.82, 2.24) is 20.4 Å². The molecule has 1 spiro atoms. The zero-order chi connectivity index (χ0) is 18.7. The number of amides is 2. The van der Waals surface area contributed by atoms with Crippen molar-refractivity contribution in [2.45, 2.75) is 58.7 Å². The SMILES string of the molecule is CCc1cn[nH]c1C(=O)N1C[C@@H](F)[C@@H](NC(=O)C2CC23CC(C)(C)C3)C1. The number of carbonyl (C=O) groups is 2. The maximum Gasteiger partial charge on any atom is 0.272 e. The zero-order valence-corrected chi connectivity index (χ0v) is 15.6. The number of hydrogen-bond acceptors (Lipinski definition) is 3. The summed E-state index contributed by atoms with van der Waals surface area (Å²) in [6.07, 6.45) is 4.15. The summed E-state index contributed by atoms with van der Waals surface area (Å²) in [5, 5.41) is 9.49. The molecule has 0 aromatic carbocycles. The van der Waals surface area contributed by atoms with Gasteiger partial charge < -0.3 is 10.2 Å². The predicted molar refractivity (Wildman–Crippen MR) is 94.3 cm³/mol. The lowest BCUT2D eigenvalue weighted by atomic mass is 9.61. The van der Waals surface area contributed by atoms with E-state index in [1.54, 1.807) is 6.20 Å². The normalized spacial score (nSPS) is 30.9. The zero-order valence-electron chi connectivity index (χ0n) is 15.6. The van der Waals surface area contributed by atoms with Gasteiger partial charge in [-0.15, -0.1) is 0 Å². The molecule has 1 aliphatic heterocycles. The molecule has 2 amide bonds. The Balaban J connectivity index is 1.35. The average Bonchev–Trinajstić information content (AvgIpc) is 2.93. The molecule has 2 heterocycles. The van der Waals surface area contributed by atoms with Crippen molar-refractivity contribution in [3.63, 3.8) is 0 Å². The minimum absolute atomic E-state index is 0.00873. The lowest BCUT2D eigenvalue weighted by molar-refractivity contribution is -0.125. The molecule has 2 N–H and O–H groups in total. The Labute approximate surface area is 152 Å². The van der Waals surface area contributed by atoms with Crippen LogP contribution in [0.4, 0.5) is 4.39 Å². The van der Waals surface area contributed by atoms with E-state index in [4.69, 9.17) is 0 Å². The monoisotopic (exact) mass is 362 g/mol. The molecule has 2 aliphatic carbocycles. The Morgan fingerprint density at radius 2 is 2.12 bits per heavy atom. The smallest absolute Gasteiger partial charge is 0.272 e. The Morgan fingerprint density at radius 3 is 2.77 bits per heavy atom. The van der Waals surface area contributed by atoms with Crippen molar-refractivity contribution < 1.29 is 14.0 Å². The molecule has 1 unspecified atom stereocenters. The summed E-state index contributed by atoms with van der Waals surface area (Å²) in [6, 6.07) is -0.620. The van der Waals surface area contributed by atoms with Gasteiger partial charge in [0.05, 0.1) is 18.8 Å². The molecule has 3 fully saturated rings. The first-order chi connectivity index (χ1) is 12.2. The van der Waals surface area contributed by atoms with Gasteiger partial charge in [0.15, 0.2) is 0 Å². The Kier molecular flexibility index (Phi) is 3.90. The van der Waals surface area contributed by atoms with E-state index in [1.807, 2.05) is 6.92 Å². The molecule has 0 radical (unpaired) electrons. The van der Waals surface area contributed by atoms with Crippen LogP contribution in [-0.4, -0.2) is 52.2 Å². The number of carbonyl (C=O) groups excluding carboxylic acids is 2. The average molecular weight is 362 g/mol. The second kappa shape index (κ2) is 5.79. The van der Waals surface area contributed by atoms with Crippen LogP contribution in [0.5, 0.6) is 0 Å². The van der Waals surface area contributed by atoms with Gasteiger partial charge in [0.25, 0.3) is 5.91 Å². The second-order valence-electron chi connectivity index (χ2n) is 9.10. The molecule has 0 bridgehead atoms. The van der Waals surface area contributed by atoms with Crippen LogP contribution in [0.3, 0.4) is 0 Å². The van der Waals surface area contributed by atoms with E-state index >= 15 is 0 Å². The van der Waals surface area contributed by atoms with Crippen molar-refractivity contribution in [3.05, 3.63) is 17.5 Å². The number of rotatable bonds is 4. The highest BCUT2D eigenvalue weighted by atomic mass is 19.1. The molecule has 142 valence electrons. The third kappa shape index (κ3) is 2.81. The van der Waals surface area contributed by atoms with E-state index in [1.165, 1.54) is 4.90 Å². The first-order valence-corrected chi connectivity index (χ1v) is 9.51. The number of nitrogens with zero attached hydrogens (tertiary/aromatic N) is 2. The van der Waals surface area contributed by atoms with Gasteiger partial charge in [-0.3, -0.25) is 14.7 Å². The largest absolute Gasteiger partial charge is 0.348 e. The van der Waals surface area contributed by atoms with Gasteiger partial charge >= 0.3 is 0 Å². The number of halogens is 1. The summed E-state index contributed by atoms with van der Waals surface area (Å²) >= 11 is 0. The third-order valence-corrected chi connectivity index (χ3v) is 6.34. The van der Waals surface area contributed by atoms with Crippen molar-refractivity contribution in [1.29, 1.82) is 0 Å². The molecule has 1 saturated heterocycles. The maximum atomic E-state index is 14.4. The molecule has 26 heavy (non-hydrogen) atoms. The molecule has 3 atom stereocenters. The minimum atomic E-state index is -1.23. The highest BCUT2D eigenvalue weighted by Gasteiger charge is 2.66. The number of hydrogen-bond donors (Lipinski definition) is 2. The van der Waals surface area contributed by atoms with Crippen LogP contribution < -0.4 is 5.32 Å². The van der Waals surface area contributed by atoms with E-state index in [2.05, 4.69) is 29.4 Å². The lowest BCUT2D eigenvalue weighted by Gasteiger charge is -2.44. The van der Waals surface area contributed by atoms with E-state index in [0.717, 1.165) is 24.8 Å². The highest BCUT2D eigenvalue weighted by molar-refractivity contribution is 5.94. The molecule has 1 aromatic heterocycles. The van der Waals surface area contributed by atoms with Gasteiger partial charge in [0.2, 0.25) is 5.91 Å². The van der Waals surface area contributed by atoms with Crippen LogP contribution in [0.1, 0.15) is 56.1 Å². The van der Waals surface area contributed by atoms with Crippen molar-refractivity contribution in [3.8, 4) is 0 Å². The molecule has 4 rings (SSSR count). The van der Waals surface area contributed by atoms with Gasteiger partial charge in [-0.25, -0.2) is 4.39 Å². The number of nitrogens with one attached hydrogen (secondary N) is 2. The van der Waals surface area contributed by atoms with Gasteiger partial charge in [0, 0.05) is 18.0 Å². The van der Waals surface area contributed by atoms with Crippen LogP contribution >= 0.6 is 0 Å². The molecule has 2 saturated carbocycles. The van der Waals surface area contributed by atoms with Crippen molar-refractivity contribution in [2.24, 2.45) is 16.7 Å². The third-order valence-electron chi connectivity index (χ3n) is 6.34. The summed E-state index contributed by atoms with van der Waals surface area (Å²) in [6.45, 7) is 6.61. The number of aromatic nitrogens is 2. The number of alkyl halides is 1. The molecule has 3 aliphatic rings. The minimum Gasteiger partial charge on any atom is -0.348 e. The molecular formula is C19H27FN4O2. The van der Waals surface area contributed by atoms with Crippen LogP contribution in [0, 0.1) is 16.7 Å².